The van der Waals surface area contributed by atoms with Crippen molar-refractivity contribution in [2.75, 3.05) is 13.2 Å². The van der Waals surface area contributed by atoms with Crippen LogP contribution < -0.4 is 0 Å². The Balaban J connectivity index is 4.35. The Labute approximate surface area is 471 Å². The van der Waals surface area contributed by atoms with Crippen molar-refractivity contribution in [3.8, 4) is 0 Å². The minimum absolute atomic E-state index is 0.0829. The van der Waals surface area contributed by atoms with E-state index < -0.39 is 6.10 Å². The van der Waals surface area contributed by atoms with Crippen molar-refractivity contribution in [1.29, 1.82) is 0 Å². The molecule has 0 aromatic rings. The van der Waals surface area contributed by atoms with Crippen LogP contribution in [0.5, 0.6) is 0 Å². The van der Waals surface area contributed by atoms with Crippen molar-refractivity contribution in [2.24, 2.45) is 0 Å². The molecule has 6 nitrogen and oxygen atoms in total. The maximum Gasteiger partial charge on any atom is 0.306 e. The maximum absolute atomic E-state index is 12.9. The molecular weight excluding hydrogens is 937 g/mol. The van der Waals surface area contributed by atoms with E-state index in [4.69, 9.17) is 14.2 Å². The summed E-state index contributed by atoms with van der Waals surface area (Å²) in [6.07, 6.45) is 84.4. The average molecular weight is 1060 g/mol. The summed E-state index contributed by atoms with van der Waals surface area (Å²) < 4.78 is 16.9. The summed E-state index contributed by atoms with van der Waals surface area (Å²) in [5.74, 6) is -0.891. The Morgan fingerprint density at radius 1 is 0.276 bits per heavy atom. The molecule has 0 saturated heterocycles. The highest BCUT2D eigenvalue weighted by molar-refractivity contribution is 5.71. The number of unbranched alkanes of at least 4 members (excludes halogenated alkanes) is 34. The van der Waals surface area contributed by atoms with Crippen LogP contribution in [-0.4, -0.2) is 37.2 Å². The van der Waals surface area contributed by atoms with E-state index in [1.165, 1.54) is 167 Å². The van der Waals surface area contributed by atoms with Gasteiger partial charge in [0.15, 0.2) is 6.10 Å². The van der Waals surface area contributed by atoms with Gasteiger partial charge in [-0.15, -0.1) is 0 Å². The van der Waals surface area contributed by atoms with Gasteiger partial charge in [-0.25, -0.2) is 0 Å². The van der Waals surface area contributed by atoms with E-state index in [1.54, 1.807) is 0 Å². The third kappa shape index (κ3) is 61.4. The van der Waals surface area contributed by atoms with Gasteiger partial charge in [0, 0.05) is 19.3 Å². The summed E-state index contributed by atoms with van der Waals surface area (Å²) in [5, 5.41) is 0. The lowest BCUT2D eigenvalue weighted by Crippen LogP contribution is -2.30. The highest BCUT2D eigenvalue weighted by Crippen LogP contribution is 2.17. The van der Waals surface area contributed by atoms with Gasteiger partial charge in [-0.1, -0.05) is 292 Å². The molecular formula is C70H122O6. The Morgan fingerprint density at radius 2 is 0.513 bits per heavy atom. The fraction of sp³-hybridized carbons (Fsp3) is 0.757. The molecule has 0 rings (SSSR count). The predicted molar refractivity (Wildman–Crippen MR) is 330 cm³/mol. The molecule has 0 bridgehead atoms. The van der Waals surface area contributed by atoms with Crippen molar-refractivity contribution in [1.82, 2.24) is 0 Å². The van der Waals surface area contributed by atoms with Crippen LogP contribution in [-0.2, 0) is 28.6 Å². The number of carbonyl (C=O) groups is 3. The van der Waals surface area contributed by atoms with Gasteiger partial charge in [0.1, 0.15) is 13.2 Å². The van der Waals surface area contributed by atoms with Crippen molar-refractivity contribution in [2.45, 2.75) is 329 Å². The molecule has 0 aromatic heterocycles. The van der Waals surface area contributed by atoms with E-state index in [2.05, 4.69) is 106 Å². The molecule has 0 spiro atoms. The smallest absolute Gasteiger partial charge is 0.306 e. The molecule has 0 fully saturated rings. The van der Waals surface area contributed by atoms with Crippen LogP contribution in [0, 0.1) is 0 Å². The second kappa shape index (κ2) is 64.1. The van der Waals surface area contributed by atoms with E-state index in [0.29, 0.717) is 19.3 Å². The molecule has 0 saturated carbocycles. The first-order valence-corrected chi connectivity index (χ1v) is 32.6. The van der Waals surface area contributed by atoms with Gasteiger partial charge in [-0.3, -0.25) is 14.4 Å². The van der Waals surface area contributed by atoms with E-state index in [-0.39, 0.29) is 31.1 Å². The topological polar surface area (TPSA) is 78.9 Å². The first-order valence-electron chi connectivity index (χ1n) is 32.6. The van der Waals surface area contributed by atoms with E-state index in [0.717, 1.165) is 116 Å². The standard InChI is InChI=1S/C70H122O6/c1-4-7-10-13-16-19-22-25-27-29-31-33-34-35-36-37-39-40-42-45-48-51-54-57-60-63-69(72)75-66-67(65-74-68(71)62-59-56-53-50-47-44-24-21-18-15-12-9-6-3)76-70(73)64-61-58-55-52-49-46-43-41-38-32-30-28-26-23-20-17-14-11-8-5-2/h7,10,16,19,21,24-25,27,31,33,35-36,39-40,67H,4-6,8-9,11-15,17-18,20,22-23,26,28-30,32,34,37-38,41-66H2,1-3H3/b10-7-,19-16-,24-21-,27-25-,33-31-,36-35-,40-39-. The van der Waals surface area contributed by atoms with Gasteiger partial charge >= 0.3 is 17.9 Å². The number of hydrogen-bond donors (Lipinski definition) is 0. The fourth-order valence-electron chi connectivity index (χ4n) is 9.27. The first kappa shape index (κ1) is 72.6. The first-order chi connectivity index (χ1) is 37.5. The van der Waals surface area contributed by atoms with Crippen LogP contribution in [0.3, 0.4) is 0 Å². The Kier molecular flexibility index (Phi) is 61.2. The van der Waals surface area contributed by atoms with Gasteiger partial charge in [0.05, 0.1) is 0 Å². The lowest BCUT2D eigenvalue weighted by Gasteiger charge is -2.18. The zero-order valence-electron chi connectivity index (χ0n) is 50.3. The summed E-state index contributed by atoms with van der Waals surface area (Å²) in [6, 6.07) is 0. The van der Waals surface area contributed by atoms with Crippen molar-refractivity contribution < 1.29 is 28.6 Å². The van der Waals surface area contributed by atoms with Gasteiger partial charge in [-0.2, -0.15) is 0 Å². The summed E-state index contributed by atoms with van der Waals surface area (Å²) >= 11 is 0. The molecule has 0 aliphatic rings. The Hall–Kier alpha value is -3.41. The number of esters is 3. The van der Waals surface area contributed by atoms with Crippen LogP contribution in [0.2, 0.25) is 0 Å². The van der Waals surface area contributed by atoms with E-state index in [9.17, 15) is 14.4 Å². The van der Waals surface area contributed by atoms with Gasteiger partial charge in [0.25, 0.3) is 0 Å². The van der Waals surface area contributed by atoms with Gasteiger partial charge in [0.2, 0.25) is 0 Å². The lowest BCUT2D eigenvalue weighted by atomic mass is 10.0. The highest BCUT2D eigenvalue weighted by atomic mass is 16.6. The van der Waals surface area contributed by atoms with Gasteiger partial charge < -0.3 is 14.2 Å². The van der Waals surface area contributed by atoms with E-state index in [1.807, 2.05) is 0 Å². The maximum atomic E-state index is 12.9. The van der Waals surface area contributed by atoms with Crippen LogP contribution in [0.25, 0.3) is 0 Å². The second-order valence-corrected chi connectivity index (χ2v) is 21.6. The third-order valence-corrected chi connectivity index (χ3v) is 14.1. The minimum atomic E-state index is -0.786. The molecule has 0 amide bonds. The number of hydrogen-bond acceptors (Lipinski definition) is 6. The van der Waals surface area contributed by atoms with Crippen molar-refractivity contribution in [3.05, 3.63) is 85.1 Å². The molecule has 0 aliphatic heterocycles. The van der Waals surface area contributed by atoms with Gasteiger partial charge in [-0.05, 0) is 96.3 Å². The zero-order valence-corrected chi connectivity index (χ0v) is 50.3. The summed E-state index contributed by atoms with van der Waals surface area (Å²) in [6.45, 7) is 6.53. The largest absolute Gasteiger partial charge is 0.462 e. The number of ether oxygens (including phenoxy) is 3. The molecule has 76 heavy (non-hydrogen) atoms. The fourth-order valence-corrected chi connectivity index (χ4v) is 9.27. The number of carbonyl (C=O) groups excluding carboxylic acids is 3. The lowest BCUT2D eigenvalue weighted by molar-refractivity contribution is -0.167. The summed E-state index contributed by atoms with van der Waals surface area (Å²) in [5.41, 5.74) is 0. The predicted octanol–water partition coefficient (Wildman–Crippen LogP) is 22.3. The molecule has 0 aromatic carbocycles. The number of allylic oxidation sites excluding steroid dienone is 14. The highest BCUT2D eigenvalue weighted by Gasteiger charge is 2.19. The monoisotopic (exact) mass is 1060 g/mol. The molecule has 1 unspecified atom stereocenters. The molecule has 0 radical (unpaired) electrons. The minimum Gasteiger partial charge on any atom is -0.462 e. The third-order valence-electron chi connectivity index (χ3n) is 14.1. The van der Waals surface area contributed by atoms with Crippen LogP contribution in [0.4, 0.5) is 0 Å². The summed E-state index contributed by atoms with van der Waals surface area (Å²) in [4.78, 5) is 38.3. The van der Waals surface area contributed by atoms with Crippen LogP contribution >= 0.6 is 0 Å². The molecule has 0 heterocycles. The Bertz CT molecular complexity index is 1450. The average Bonchev–Trinajstić information content (AvgIpc) is 3.42. The Morgan fingerprint density at radius 3 is 0.829 bits per heavy atom. The zero-order chi connectivity index (χ0) is 55.0. The summed E-state index contributed by atoms with van der Waals surface area (Å²) in [7, 11) is 0. The molecule has 438 valence electrons. The van der Waals surface area contributed by atoms with E-state index >= 15 is 0 Å². The van der Waals surface area contributed by atoms with Crippen molar-refractivity contribution in [3.63, 3.8) is 0 Å². The molecule has 0 N–H and O–H groups in total. The molecule has 6 heteroatoms. The molecule has 1 atom stereocenters. The molecule has 0 aliphatic carbocycles. The second-order valence-electron chi connectivity index (χ2n) is 21.6. The van der Waals surface area contributed by atoms with Crippen LogP contribution in [0.15, 0.2) is 85.1 Å². The number of rotatable bonds is 59. The quantitative estimate of drug-likeness (QED) is 0.0261. The normalized spacial score (nSPS) is 12.6. The van der Waals surface area contributed by atoms with Crippen LogP contribution in [0.1, 0.15) is 323 Å². The van der Waals surface area contributed by atoms with Crippen molar-refractivity contribution >= 4 is 17.9 Å². The SMILES string of the molecule is CC/C=C\C/C=C\C/C=C\C/C=C\C/C=C\C/C=C\CCCCCCCCC(=O)OCC(COC(=O)CCCCCCC/C=C\CCCCCC)OC(=O)CCCCCCCCCCCCCCCCCCCCCC.